The summed E-state index contributed by atoms with van der Waals surface area (Å²) in [6, 6.07) is 0. The molecule has 0 amide bonds. The lowest BCUT2D eigenvalue weighted by molar-refractivity contribution is -0.870. The predicted octanol–water partition coefficient (Wildman–Crippen LogP) is 12.7. The Balaban J connectivity index is 4.41. The van der Waals surface area contributed by atoms with E-state index in [1.807, 2.05) is 33.3 Å². The maximum atomic E-state index is 12.7. The van der Waals surface area contributed by atoms with Crippen LogP contribution in [0.5, 0.6) is 0 Å². The lowest BCUT2D eigenvalue weighted by atomic mass is 10.0. The van der Waals surface area contributed by atoms with E-state index in [1.54, 1.807) is 6.08 Å². The summed E-state index contributed by atoms with van der Waals surface area (Å²) in [5, 5.41) is 0. The summed E-state index contributed by atoms with van der Waals surface area (Å²) in [5.74, 6) is -1.04. The Kier molecular flexibility index (Phi) is 37.0. The van der Waals surface area contributed by atoms with Gasteiger partial charge in [0.2, 0.25) is 0 Å². The van der Waals surface area contributed by atoms with Crippen LogP contribution < -0.4 is 0 Å². The Morgan fingerprint density at radius 3 is 1.49 bits per heavy atom. The number of nitrogens with zero attached hydrogens (tertiary/aromatic N) is 1. The highest BCUT2D eigenvalue weighted by Gasteiger charge is 2.26. The monoisotopic (exact) mass is 801 g/mol. The first-order valence-corrected chi connectivity index (χ1v) is 24.1. The van der Waals surface area contributed by atoms with Gasteiger partial charge in [0.1, 0.15) is 19.8 Å². The number of carbonyl (C=O) groups excluding carboxylic acids is 2. The third-order valence-electron chi connectivity index (χ3n) is 9.84. The van der Waals surface area contributed by atoms with E-state index in [0.717, 1.165) is 25.7 Å². The van der Waals surface area contributed by atoms with Gasteiger partial charge in [0.15, 0.2) is 6.10 Å². The molecule has 9 nitrogen and oxygen atoms in total. The highest BCUT2D eigenvalue weighted by Crippen LogP contribution is 2.43. The molecule has 0 heterocycles. The number of hydrogen-bond donors (Lipinski definition) is 1. The molecule has 0 saturated carbocycles. The molecular formula is C45H87NO8P+. The molecule has 0 aromatic rings. The van der Waals surface area contributed by atoms with Crippen molar-refractivity contribution in [2.24, 2.45) is 0 Å². The first kappa shape index (κ1) is 53.5. The minimum absolute atomic E-state index is 0.0214. The number of esters is 2. The van der Waals surface area contributed by atoms with E-state index in [1.165, 1.54) is 154 Å². The minimum atomic E-state index is -4.39. The molecule has 0 aromatic heterocycles. The zero-order valence-electron chi connectivity index (χ0n) is 36.4. The second-order valence-corrected chi connectivity index (χ2v) is 18.0. The van der Waals surface area contributed by atoms with Gasteiger partial charge < -0.3 is 18.9 Å². The van der Waals surface area contributed by atoms with Gasteiger partial charge in [-0.25, -0.2) is 9.36 Å². The number of carbonyl (C=O) groups is 2. The van der Waals surface area contributed by atoms with Crippen molar-refractivity contribution < 1.29 is 42.1 Å². The number of likely N-dealkylation sites (N-methyl/N-ethyl adjacent to an activating group) is 1. The van der Waals surface area contributed by atoms with Crippen LogP contribution in [0.1, 0.15) is 200 Å². The van der Waals surface area contributed by atoms with Gasteiger partial charge in [0.25, 0.3) is 0 Å². The molecule has 1 unspecified atom stereocenters. The lowest BCUT2D eigenvalue weighted by Gasteiger charge is -2.24. The van der Waals surface area contributed by atoms with Crippen molar-refractivity contribution in [2.75, 3.05) is 47.5 Å². The number of ether oxygens (including phenoxy) is 2. The summed E-state index contributed by atoms with van der Waals surface area (Å²) in [4.78, 5) is 35.2. The normalized spacial score (nSPS) is 13.8. The molecular weight excluding hydrogens is 713 g/mol. The summed E-state index contributed by atoms with van der Waals surface area (Å²) in [7, 11) is 1.44. The van der Waals surface area contributed by atoms with Crippen LogP contribution in [0.4, 0.5) is 0 Å². The fraction of sp³-hybridized carbons (Fsp3) is 0.867. The standard InChI is InChI=1S/C45H86NO8P/c1-6-8-10-12-14-16-18-20-22-24-26-28-30-32-34-36-38-45(48)54-43(42-53-55(49,50)52-40-39-46(3,4)5)41-51-44(47)37-35-33-31-29-27-25-23-21-19-17-15-13-11-9-7-2/h31,33,35,37,43H,6-30,32,34,36,38-42H2,1-5H3/p+1/b33-31+,37-35+/t43-/m1/s1. The Hall–Kier alpha value is -1.51. The molecule has 0 aliphatic heterocycles. The van der Waals surface area contributed by atoms with Crippen LogP contribution in [0, 0.1) is 0 Å². The van der Waals surface area contributed by atoms with Crippen molar-refractivity contribution in [1.82, 2.24) is 0 Å². The molecule has 0 fully saturated rings. The Morgan fingerprint density at radius 1 is 0.600 bits per heavy atom. The molecule has 0 aliphatic carbocycles. The molecule has 324 valence electrons. The summed E-state index contributed by atoms with van der Waals surface area (Å²) < 4.78 is 34.1. The SMILES string of the molecule is CCCCCCCCCCCCC/C=C/C=C/C(=O)OC[C@H](COP(=O)(O)OCC[N+](C)(C)C)OC(=O)CCCCCCCCCCCCCCCCCC. The average molecular weight is 801 g/mol. The van der Waals surface area contributed by atoms with Gasteiger partial charge >= 0.3 is 19.8 Å². The molecule has 10 heteroatoms. The fourth-order valence-corrected chi connectivity index (χ4v) is 7.02. The maximum Gasteiger partial charge on any atom is 0.472 e. The van der Waals surface area contributed by atoms with E-state index in [9.17, 15) is 19.0 Å². The van der Waals surface area contributed by atoms with Crippen LogP contribution in [-0.2, 0) is 32.7 Å². The molecule has 0 radical (unpaired) electrons. The molecule has 0 aliphatic rings. The molecule has 0 aromatic carbocycles. The third-order valence-corrected chi connectivity index (χ3v) is 10.8. The number of rotatable bonds is 41. The average Bonchev–Trinajstić information content (AvgIpc) is 3.13. The van der Waals surface area contributed by atoms with E-state index in [0.29, 0.717) is 17.4 Å². The number of phosphoric ester groups is 1. The Labute approximate surface area is 339 Å². The van der Waals surface area contributed by atoms with Crippen LogP contribution in [0.15, 0.2) is 24.3 Å². The van der Waals surface area contributed by atoms with Crippen molar-refractivity contribution in [3.05, 3.63) is 24.3 Å². The lowest BCUT2D eigenvalue weighted by Crippen LogP contribution is -2.37. The second kappa shape index (κ2) is 38.0. The predicted molar refractivity (Wildman–Crippen MR) is 229 cm³/mol. The minimum Gasteiger partial charge on any atom is -0.458 e. The van der Waals surface area contributed by atoms with E-state index >= 15 is 0 Å². The van der Waals surface area contributed by atoms with Gasteiger partial charge in [-0.3, -0.25) is 13.8 Å². The number of hydrogen-bond acceptors (Lipinski definition) is 7. The Bertz CT molecular complexity index is 996. The first-order chi connectivity index (χ1) is 26.5. The third kappa shape index (κ3) is 41.9. The topological polar surface area (TPSA) is 108 Å². The highest BCUT2D eigenvalue weighted by molar-refractivity contribution is 7.47. The van der Waals surface area contributed by atoms with Crippen molar-refractivity contribution in [2.45, 2.75) is 206 Å². The van der Waals surface area contributed by atoms with Crippen molar-refractivity contribution in [3.63, 3.8) is 0 Å². The van der Waals surface area contributed by atoms with Gasteiger partial charge in [0.05, 0.1) is 27.7 Å². The second-order valence-electron chi connectivity index (χ2n) is 16.5. The molecule has 0 rings (SSSR count). The Morgan fingerprint density at radius 2 is 1.04 bits per heavy atom. The van der Waals surface area contributed by atoms with Gasteiger partial charge in [-0.1, -0.05) is 193 Å². The molecule has 2 atom stereocenters. The van der Waals surface area contributed by atoms with Crippen LogP contribution >= 0.6 is 7.82 Å². The van der Waals surface area contributed by atoms with Crippen LogP contribution in [-0.4, -0.2) is 74.9 Å². The first-order valence-electron chi connectivity index (χ1n) is 22.6. The number of quaternary nitrogens is 1. The quantitative estimate of drug-likeness (QED) is 0.0163. The van der Waals surface area contributed by atoms with E-state index < -0.39 is 32.5 Å². The summed E-state index contributed by atoms with van der Waals surface area (Å²) >= 11 is 0. The maximum absolute atomic E-state index is 12.7. The van der Waals surface area contributed by atoms with Gasteiger partial charge in [0, 0.05) is 12.5 Å². The van der Waals surface area contributed by atoms with Crippen LogP contribution in [0.3, 0.4) is 0 Å². The highest BCUT2D eigenvalue weighted by atomic mass is 31.2. The fourth-order valence-electron chi connectivity index (χ4n) is 6.28. The van der Waals surface area contributed by atoms with E-state index in [4.69, 9.17) is 18.5 Å². The molecule has 0 saturated heterocycles. The molecule has 0 bridgehead atoms. The van der Waals surface area contributed by atoms with Gasteiger partial charge in [-0.15, -0.1) is 0 Å². The smallest absolute Gasteiger partial charge is 0.458 e. The summed E-state index contributed by atoms with van der Waals surface area (Å²) in [5.41, 5.74) is 0. The molecule has 1 N–H and O–H groups in total. The summed E-state index contributed by atoms with van der Waals surface area (Å²) in [6.45, 7) is 4.31. The van der Waals surface area contributed by atoms with E-state index in [-0.39, 0.29) is 19.6 Å². The van der Waals surface area contributed by atoms with Crippen LogP contribution in [0.25, 0.3) is 0 Å². The van der Waals surface area contributed by atoms with Crippen molar-refractivity contribution in [1.29, 1.82) is 0 Å². The van der Waals surface area contributed by atoms with Crippen molar-refractivity contribution >= 4 is 19.8 Å². The number of unbranched alkanes of at least 4 members (excludes halogenated alkanes) is 26. The molecule has 0 spiro atoms. The number of allylic oxidation sites excluding steroid dienone is 3. The van der Waals surface area contributed by atoms with Crippen molar-refractivity contribution in [3.8, 4) is 0 Å². The molecule has 55 heavy (non-hydrogen) atoms. The number of phosphoric acid groups is 1. The van der Waals surface area contributed by atoms with E-state index in [2.05, 4.69) is 13.8 Å². The van der Waals surface area contributed by atoms with Gasteiger partial charge in [-0.05, 0) is 19.3 Å². The zero-order chi connectivity index (χ0) is 40.7. The zero-order valence-corrected chi connectivity index (χ0v) is 37.3. The summed E-state index contributed by atoms with van der Waals surface area (Å²) in [6.07, 6.45) is 41.4. The van der Waals surface area contributed by atoms with Gasteiger partial charge in [-0.2, -0.15) is 0 Å². The largest absolute Gasteiger partial charge is 0.472 e. The van der Waals surface area contributed by atoms with Crippen LogP contribution in [0.2, 0.25) is 0 Å².